The molecule has 2 heterocycles. The average molecular weight is 288 g/mol. The van der Waals surface area contributed by atoms with Crippen LogP contribution < -0.4 is 0 Å². The van der Waals surface area contributed by atoms with Crippen molar-refractivity contribution in [1.29, 1.82) is 0 Å². The summed E-state index contributed by atoms with van der Waals surface area (Å²) in [6.45, 7) is 0. The van der Waals surface area contributed by atoms with Crippen LogP contribution in [-0.4, -0.2) is 6.29 Å². The highest BCUT2D eigenvalue weighted by atomic mass is 16.3. The maximum Gasteiger partial charge on any atom is 0.185 e. The van der Waals surface area contributed by atoms with Crippen LogP contribution in [0.3, 0.4) is 0 Å². The van der Waals surface area contributed by atoms with Gasteiger partial charge in [0.2, 0.25) is 0 Å². The van der Waals surface area contributed by atoms with Gasteiger partial charge < -0.3 is 8.83 Å². The summed E-state index contributed by atoms with van der Waals surface area (Å²) in [6.07, 6.45) is 0.702. The number of rotatable bonds is 3. The van der Waals surface area contributed by atoms with Crippen LogP contribution in [0.5, 0.6) is 0 Å². The van der Waals surface area contributed by atoms with Crippen molar-refractivity contribution >= 4 is 17.3 Å². The first-order chi connectivity index (χ1) is 10.8. The minimum atomic E-state index is 0.326. The summed E-state index contributed by atoms with van der Waals surface area (Å²) in [4.78, 5) is 10.7. The quantitative estimate of drug-likeness (QED) is 0.488. The van der Waals surface area contributed by atoms with Crippen LogP contribution in [0.25, 0.3) is 33.6 Å². The van der Waals surface area contributed by atoms with Crippen molar-refractivity contribution in [1.82, 2.24) is 0 Å². The molecule has 0 atom stereocenters. The lowest BCUT2D eigenvalue weighted by molar-refractivity contribution is 0.110. The molecule has 22 heavy (non-hydrogen) atoms. The van der Waals surface area contributed by atoms with Gasteiger partial charge in [0, 0.05) is 16.5 Å². The average Bonchev–Trinajstić information content (AvgIpc) is 3.21. The second kappa shape index (κ2) is 5.04. The zero-order valence-corrected chi connectivity index (χ0v) is 11.7. The molecule has 0 unspecified atom stereocenters. The molecule has 0 saturated heterocycles. The topological polar surface area (TPSA) is 43.4 Å². The van der Waals surface area contributed by atoms with E-state index in [-0.39, 0.29) is 0 Å². The maximum atomic E-state index is 10.7. The van der Waals surface area contributed by atoms with E-state index >= 15 is 0 Å². The van der Waals surface area contributed by atoms with Gasteiger partial charge in [0.15, 0.2) is 12.0 Å². The van der Waals surface area contributed by atoms with Crippen molar-refractivity contribution in [2.24, 2.45) is 0 Å². The Bertz CT molecular complexity index is 945. The Morgan fingerprint density at radius 3 is 2.36 bits per heavy atom. The zero-order chi connectivity index (χ0) is 14.9. The molecule has 3 heteroatoms. The number of hydrogen-bond acceptors (Lipinski definition) is 3. The van der Waals surface area contributed by atoms with Gasteiger partial charge in [0.1, 0.15) is 17.1 Å². The van der Waals surface area contributed by atoms with E-state index < -0.39 is 0 Å². The minimum Gasteiger partial charge on any atom is -0.456 e. The molecule has 0 N–H and O–H groups in total. The number of fused-ring (bicyclic) bond motifs is 1. The predicted molar refractivity (Wildman–Crippen MR) is 84.7 cm³/mol. The van der Waals surface area contributed by atoms with Crippen molar-refractivity contribution in [3.05, 3.63) is 72.5 Å². The van der Waals surface area contributed by atoms with Crippen LogP contribution in [-0.2, 0) is 0 Å². The molecule has 0 bridgehead atoms. The fraction of sp³-hybridized carbons (Fsp3) is 0. The van der Waals surface area contributed by atoms with Crippen molar-refractivity contribution in [3.8, 4) is 22.6 Å². The van der Waals surface area contributed by atoms with Gasteiger partial charge in [-0.05, 0) is 36.4 Å². The molecule has 0 aliphatic carbocycles. The molecule has 0 saturated carbocycles. The van der Waals surface area contributed by atoms with Crippen LogP contribution in [0.4, 0.5) is 0 Å². The number of hydrogen-bond donors (Lipinski definition) is 0. The van der Waals surface area contributed by atoms with Gasteiger partial charge in [-0.1, -0.05) is 30.3 Å². The molecule has 3 nitrogen and oxygen atoms in total. The van der Waals surface area contributed by atoms with Crippen molar-refractivity contribution in [2.75, 3.05) is 0 Å². The van der Waals surface area contributed by atoms with Gasteiger partial charge in [-0.25, -0.2) is 0 Å². The minimum absolute atomic E-state index is 0.326. The van der Waals surface area contributed by atoms with Crippen LogP contribution >= 0.6 is 0 Å². The van der Waals surface area contributed by atoms with E-state index in [1.807, 2.05) is 54.6 Å². The largest absolute Gasteiger partial charge is 0.456 e. The van der Waals surface area contributed by atoms with Crippen LogP contribution in [0.15, 0.2) is 75.6 Å². The van der Waals surface area contributed by atoms with E-state index in [1.54, 1.807) is 12.1 Å². The molecule has 106 valence electrons. The smallest absolute Gasteiger partial charge is 0.185 e. The lowest BCUT2D eigenvalue weighted by atomic mass is 10.1. The first kappa shape index (κ1) is 12.7. The first-order valence-corrected chi connectivity index (χ1v) is 6.98. The lowest BCUT2D eigenvalue weighted by Gasteiger charge is -1.96. The maximum absolute atomic E-state index is 10.7. The van der Waals surface area contributed by atoms with E-state index in [9.17, 15) is 4.79 Å². The molecule has 0 amide bonds. The zero-order valence-electron chi connectivity index (χ0n) is 11.7. The molecule has 4 rings (SSSR count). The van der Waals surface area contributed by atoms with Crippen molar-refractivity contribution < 1.29 is 13.6 Å². The number of carbonyl (C=O) groups is 1. The fourth-order valence-corrected chi connectivity index (χ4v) is 2.51. The Balaban J connectivity index is 1.79. The van der Waals surface area contributed by atoms with Crippen LogP contribution in [0.1, 0.15) is 10.6 Å². The summed E-state index contributed by atoms with van der Waals surface area (Å²) in [6, 6.07) is 21.3. The molecule has 0 fully saturated rings. The molecular formula is C19H12O3. The molecule has 4 aromatic rings. The Kier molecular flexibility index (Phi) is 2.90. The highest BCUT2D eigenvalue weighted by Gasteiger charge is 2.09. The molecule has 0 spiro atoms. The normalized spacial score (nSPS) is 10.9. The lowest BCUT2D eigenvalue weighted by Crippen LogP contribution is -1.73. The van der Waals surface area contributed by atoms with E-state index in [1.165, 1.54) is 0 Å². The second-order valence-electron chi connectivity index (χ2n) is 5.05. The Morgan fingerprint density at radius 2 is 1.59 bits per heavy atom. The first-order valence-electron chi connectivity index (χ1n) is 6.98. The summed E-state index contributed by atoms with van der Waals surface area (Å²) in [5, 5.41) is 1.00. The van der Waals surface area contributed by atoms with Gasteiger partial charge in [-0.15, -0.1) is 0 Å². The van der Waals surface area contributed by atoms with Gasteiger partial charge in [-0.2, -0.15) is 0 Å². The van der Waals surface area contributed by atoms with Crippen LogP contribution in [0.2, 0.25) is 0 Å². The highest BCUT2D eigenvalue weighted by molar-refractivity contribution is 5.87. The Hall–Kier alpha value is -3.07. The molecule has 2 aromatic carbocycles. The Morgan fingerprint density at radius 1 is 0.727 bits per heavy atom. The molecule has 2 aromatic heterocycles. The summed E-state index contributed by atoms with van der Waals surface area (Å²) < 4.78 is 11.3. The summed E-state index contributed by atoms with van der Waals surface area (Å²) >= 11 is 0. The standard InChI is InChI=1S/C19H12O3/c20-12-16-7-9-17(21-16)14-6-8-18-15(10-14)11-19(22-18)13-4-2-1-3-5-13/h1-12H. The predicted octanol–water partition coefficient (Wildman–Crippen LogP) is 5.17. The SMILES string of the molecule is O=Cc1ccc(-c2ccc3oc(-c4ccccc4)cc3c2)o1. The summed E-state index contributed by atoms with van der Waals surface area (Å²) in [7, 11) is 0. The van der Waals surface area contributed by atoms with E-state index in [0.29, 0.717) is 17.8 Å². The van der Waals surface area contributed by atoms with Crippen LogP contribution in [0, 0.1) is 0 Å². The van der Waals surface area contributed by atoms with Gasteiger partial charge in [0.25, 0.3) is 0 Å². The van der Waals surface area contributed by atoms with Crippen molar-refractivity contribution in [3.63, 3.8) is 0 Å². The number of aldehydes is 1. The Labute approximate surface area is 126 Å². The third kappa shape index (κ3) is 2.13. The van der Waals surface area contributed by atoms with Gasteiger partial charge in [-0.3, -0.25) is 4.79 Å². The van der Waals surface area contributed by atoms with Gasteiger partial charge >= 0.3 is 0 Å². The number of benzene rings is 2. The molecule has 0 radical (unpaired) electrons. The molecule has 0 aliphatic rings. The third-order valence-electron chi connectivity index (χ3n) is 3.60. The molecule has 0 aliphatic heterocycles. The van der Waals surface area contributed by atoms with Gasteiger partial charge in [0.05, 0.1) is 0 Å². The number of carbonyl (C=O) groups excluding carboxylic acids is 1. The van der Waals surface area contributed by atoms with Crippen molar-refractivity contribution in [2.45, 2.75) is 0 Å². The summed E-state index contributed by atoms with van der Waals surface area (Å²) in [5.41, 5.74) is 2.78. The molecular weight excluding hydrogens is 276 g/mol. The van der Waals surface area contributed by atoms with E-state index in [0.717, 1.165) is 27.9 Å². The number of furan rings is 2. The third-order valence-corrected chi connectivity index (χ3v) is 3.60. The second-order valence-corrected chi connectivity index (χ2v) is 5.05. The van der Waals surface area contributed by atoms with E-state index in [2.05, 4.69) is 0 Å². The fourth-order valence-electron chi connectivity index (χ4n) is 2.51. The highest BCUT2D eigenvalue weighted by Crippen LogP contribution is 2.31. The monoisotopic (exact) mass is 288 g/mol. The summed E-state index contributed by atoms with van der Waals surface area (Å²) in [5.74, 6) is 1.83. The van der Waals surface area contributed by atoms with E-state index in [4.69, 9.17) is 8.83 Å².